The van der Waals surface area contributed by atoms with Crippen molar-refractivity contribution in [1.29, 1.82) is 0 Å². The molecule has 5 nitrogen and oxygen atoms in total. The van der Waals surface area contributed by atoms with Gasteiger partial charge in [-0.2, -0.15) is 0 Å². The Morgan fingerprint density at radius 1 is 0.639 bits per heavy atom. The molecule has 0 aliphatic heterocycles. The van der Waals surface area contributed by atoms with Gasteiger partial charge in [-0.05, 0) is 69.6 Å². The van der Waals surface area contributed by atoms with E-state index < -0.39 is 0 Å². The maximum atomic E-state index is 11.8. The number of hydrogen-bond donors (Lipinski definition) is 0. The van der Waals surface area contributed by atoms with Crippen LogP contribution in [0.5, 0.6) is 0 Å². The Kier molecular flexibility index (Phi) is 19.1. The van der Waals surface area contributed by atoms with Crippen molar-refractivity contribution in [3.05, 3.63) is 0 Å². The van der Waals surface area contributed by atoms with Gasteiger partial charge in [-0.15, -0.1) is 11.6 Å². The smallest absolute Gasteiger partial charge is 0.305 e. The van der Waals surface area contributed by atoms with Crippen LogP contribution in [0.4, 0.5) is 0 Å². The van der Waals surface area contributed by atoms with Crippen LogP contribution in [0.3, 0.4) is 0 Å². The summed E-state index contributed by atoms with van der Waals surface area (Å²) in [5.41, 5.74) is 0. The molecule has 0 aromatic heterocycles. The van der Waals surface area contributed by atoms with Gasteiger partial charge in [0.05, 0.1) is 39.1 Å². The van der Waals surface area contributed by atoms with Crippen LogP contribution >= 0.6 is 11.6 Å². The summed E-state index contributed by atoms with van der Waals surface area (Å²) in [4.78, 5) is 11.8. The van der Waals surface area contributed by atoms with Gasteiger partial charge in [-0.25, -0.2) is 0 Å². The topological polar surface area (TPSA) is 54.0 Å². The lowest BCUT2D eigenvalue weighted by atomic mass is 9.73. The van der Waals surface area contributed by atoms with Gasteiger partial charge in [0, 0.05) is 11.8 Å². The van der Waals surface area contributed by atoms with Gasteiger partial charge in [0.15, 0.2) is 0 Å². The van der Waals surface area contributed by atoms with E-state index in [0.717, 1.165) is 24.7 Å². The molecule has 2 saturated carbocycles. The zero-order chi connectivity index (χ0) is 25.7. The van der Waals surface area contributed by atoms with Gasteiger partial charge in [-0.1, -0.05) is 58.3 Å². The molecule has 0 N–H and O–H groups in total. The largest absolute Gasteiger partial charge is 0.463 e. The molecule has 0 amide bonds. The molecule has 212 valence electrons. The molecule has 2 rings (SSSR count). The van der Waals surface area contributed by atoms with Crippen molar-refractivity contribution in [2.24, 2.45) is 11.8 Å². The minimum atomic E-state index is -0.105. The number of halogens is 1. The summed E-state index contributed by atoms with van der Waals surface area (Å²) in [5.74, 6) is 1.68. The highest BCUT2D eigenvalue weighted by atomic mass is 35.5. The van der Waals surface area contributed by atoms with Crippen LogP contribution in [0.2, 0.25) is 0 Å². The first-order valence-electron chi connectivity index (χ1n) is 15.3. The second-order valence-corrected chi connectivity index (χ2v) is 11.6. The monoisotopic (exact) mass is 530 g/mol. The second kappa shape index (κ2) is 21.6. The van der Waals surface area contributed by atoms with Gasteiger partial charge >= 0.3 is 5.97 Å². The molecule has 0 heterocycles. The molecule has 0 aromatic rings. The SMILES string of the molecule is CCCCCCCCCCCC(=O)OCCOCCOCCOC1CCC(C2CCC(Cl)CC2)CC1. The van der Waals surface area contributed by atoms with E-state index in [9.17, 15) is 4.79 Å². The summed E-state index contributed by atoms with van der Waals surface area (Å²) < 4.78 is 22.4. The van der Waals surface area contributed by atoms with Gasteiger partial charge in [0.25, 0.3) is 0 Å². The average Bonchev–Trinajstić information content (AvgIpc) is 2.89. The number of carbonyl (C=O) groups is 1. The van der Waals surface area contributed by atoms with E-state index in [-0.39, 0.29) is 5.97 Å². The molecule has 0 saturated heterocycles. The molecule has 2 fully saturated rings. The number of alkyl halides is 1. The fraction of sp³-hybridized carbons (Fsp3) is 0.967. The van der Waals surface area contributed by atoms with Crippen LogP contribution < -0.4 is 0 Å². The van der Waals surface area contributed by atoms with E-state index in [1.54, 1.807) is 0 Å². The lowest BCUT2D eigenvalue weighted by Gasteiger charge is -2.36. The standard InChI is InChI=1S/C30H55ClO5/c1-2-3-4-5-6-7-8-9-10-11-30(32)36-25-23-34-21-20-33-22-24-35-29-18-14-27(15-19-29)26-12-16-28(31)17-13-26/h26-29H,2-25H2,1H3. The Morgan fingerprint density at radius 2 is 1.14 bits per heavy atom. The molecule has 2 aliphatic carbocycles. The predicted octanol–water partition coefficient (Wildman–Crippen LogP) is 7.86. The predicted molar refractivity (Wildman–Crippen MR) is 148 cm³/mol. The van der Waals surface area contributed by atoms with Crippen LogP contribution in [0.15, 0.2) is 0 Å². The number of unbranched alkanes of at least 4 members (excludes halogenated alkanes) is 8. The highest BCUT2D eigenvalue weighted by Crippen LogP contribution is 2.39. The highest BCUT2D eigenvalue weighted by molar-refractivity contribution is 6.20. The minimum absolute atomic E-state index is 0.105. The second-order valence-electron chi connectivity index (χ2n) is 10.9. The molecule has 0 unspecified atom stereocenters. The van der Waals surface area contributed by atoms with E-state index in [4.69, 9.17) is 30.5 Å². The number of hydrogen-bond acceptors (Lipinski definition) is 5. The van der Waals surface area contributed by atoms with E-state index >= 15 is 0 Å². The number of rotatable bonds is 21. The molecule has 0 bridgehead atoms. The maximum Gasteiger partial charge on any atom is 0.305 e. The third-order valence-corrected chi connectivity index (χ3v) is 8.45. The molecule has 36 heavy (non-hydrogen) atoms. The Balaban J connectivity index is 1.28. The van der Waals surface area contributed by atoms with Crippen molar-refractivity contribution in [1.82, 2.24) is 0 Å². The molecule has 2 aliphatic rings. The summed E-state index contributed by atoms with van der Waals surface area (Å²) >= 11 is 6.26. The third-order valence-electron chi connectivity index (χ3n) is 8.02. The summed E-state index contributed by atoms with van der Waals surface area (Å²) in [5, 5.41) is 0.420. The van der Waals surface area contributed by atoms with Gasteiger partial charge in [0.1, 0.15) is 6.61 Å². The van der Waals surface area contributed by atoms with Crippen molar-refractivity contribution >= 4 is 17.6 Å². The maximum absolute atomic E-state index is 11.8. The Labute approximate surface area is 226 Å². The quantitative estimate of drug-likeness (QED) is 0.0858. The highest BCUT2D eigenvalue weighted by Gasteiger charge is 2.30. The molecule has 0 atom stereocenters. The summed E-state index contributed by atoms with van der Waals surface area (Å²) in [6.45, 7) is 5.34. The first-order valence-corrected chi connectivity index (χ1v) is 15.7. The normalized spacial score (nSPS) is 24.6. The van der Waals surface area contributed by atoms with Crippen LogP contribution in [-0.2, 0) is 23.7 Å². The van der Waals surface area contributed by atoms with E-state index in [2.05, 4.69) is 6.92 Å². The number of ether oxygens (including phenoxy) is 4. The Morgan fingerprint density at radius 3 is 1.75 bits per heavy atom. The molecule has 0 radical (unpaired) electrons. The van der Waals surface area contributed by atoms with Crippen molar-refractivity contribution in [3.63, 3.8) is 0 Å². The minimum Gasteiger partial charge on any atom is -0.463 e. The average molecular weight is 531 g/mol. The van der Waals surface area contributed by atoms with Gasteiger partial charge in [0.2, 0.25) is 0 Å². The fourth-order valence-electron chi connectivity index (χ4n) is 5.74. The van der Waals surface area contributed by atoms with Crippen molar-refractivity contribution in [2.75, 3.05) is 39.6 Å². The first-order chi connectivity index (χ1) is 17.7. The lowest BCUT2D eigenvalue weighted by molar-refractivity contribution is -0.145. The van der Waals surface area contributed by atoms with E-state index in [1.807, 2.05) is 0 Å². The van der Waals surface area contributed by atoms with Crippen LogP contribution in [-0.4, -0.2) is 57.1 Å². The molecular formula is C30H55ClO5. The van der Waals surface area contributed by atoms with Gasteiger partial charge in [-0.3, -0.25) is 4.79 Å². The summed E-state index contributed by atoms with van der Waals surface area (Å²) in [6.07, 6.45) is 22.2. The van der Waals surface area contributed by atoms with E-state index in [1.165, 1.54) is 96.3 Å². The molecule has 0 aromatic carbocycles. The molecule has 0 spiro atoms. The van der Waals surface area contributed by atoms with Gasteiger partial charge < -0.3 is 18.9 Å². The van der Waals surface area contributed by atoms with Crippen molar-refractivity contribution in [3.8, 4) is 0 Å². The number of esters is 1. The Bertz CT molecular complexity index is 515. The fourth-order valence-corrected chi connectivity index (χ4v) is 5.99. The van der Waals surface area contributed by atoms with Crippen LogP contribution in [0, 0.1) is 11.8 Å². The van der Waals surface area contributed by atoms with Crippen molar-refractivity contribution < 1.29 is 23.7 Å². The van der Waals surface area contributed by atoms with Crippen LogP contribution in [0.1, 0.15) is 122 Å². The van der Waals surface area contributed by atoms with E-state index in [0.29, 0.717) is 57.5 Å². The summed E-state index contributed by atoms with van der Waals surface area (Å²) in [6, 6.07) is 0. The summed E-state index contributed by atoms with van der Waals surface area (Å²) in [7, 11) is 0. The zero-order valence-electron chi connectivity index (χ0n) is 23.2. The van der Waals surface area contributed by atoms with Crippen LogP contribution in [0.25, 0.3) is 0 Å². The molecule has 6 heteroatoms. The third kappa shape index (κ3) is 15.8. The van der Waals surface area contributed by atoms with Crippen molar-refractivity contribution in [2.45, 2.75) is 134 Å². The lowest BCUT2D eigenvalue weighted by Crippen LogP contribution is -2.29. The zero-order valence-corrected chi connectivity index (χ0v) is 24.0. The molecular weight excluding hydrogens is 476 g/mol. The number of carbonyl (C=O) groups excluding carboxylic acids is 1. The Hall–Kier alpha value is -0.360. The first kappa shape index (κ1) is 31.9.